The number of guanidine groups is 1. The summed E-state index contributed by atoms with van der Waals surface area (Å²) >= 11 is 0. The second kappa shape index (κ2) is 8.90. The predicted molar refractivity (Wildman–Crippen MR) is 99.0 cm³/mol. The first-order valence-corrected chi connectivity index (χ1v) is 7.32. The zero-order valence-electron chi connectivity index (χ0n) is 14.1. The SMILES string of the molecule is CN=C(NCc1cc(C(C)C)no1)NCc1nc(C)c(C)o1.I. The van der Waals surface area contributed by atoms with Crippen LogP contribution in [0.15, 0.2) is 20.0 Å². The highest BCUT2D eigenvalue weighted by Crippen LogP contribution is 2.13. The van der Waals surface area contributed by atoms with E-state index in [1.807, 2.05) is 19.9 Å². The summed E-state index contributed by atoms with van der Waals surface area (Å²) in [5, 5.41) is 10.3. The summed E-state index contributed by atoms with van der Waals surface area (Å²) in [6, 6.07) is 1.95. The molecule has 0 aromatic carbocycles. The molecular weight excluding hydrogens is 409 g/mol. The molecule has 0 atom stereocenters. The topological polar surface area (TPSA) is 88.5 Å². The lowest BCUT2D eigenvalue weighted by molar-refractivity contribution is 0.371. The highest BCUT2D eigenvalue weighted by molar-refractivity contribution is 14.0. The van der Waals surface area contributed by atoms with Gasteiger partial charge in [0.15, 0.2) is 11.7 Å². The first-order valence-electron chi connectivity index (χ1n) is 7.32. The summed E-state index contributed by atoms with van der Waals surface area (Å²) in [5.41, 5.74) is 1.85. The molecule has 0 fully saturated rings. The van der Waals surface area contributed by atoms with Crippen LogP contribution in [0.5, 0.6) is 0 Å². The van der Waals surface area contributed by atoms with Gasteiger partial charge in [-0.3, -0.25) is 4.99 Å². The van der Waals surface area contributed by atoms with Crippen LogP contribution in [-0.4, -0.2) is 23.1 Å². The lowest BCUT2D eigenvalue weighted by atomic mass is 10.1. The maximum Gasteiger partial charge on any atom is 0.214 e. The third kappa shape index (κ3) is 5.52. The van der Waals surface area contributed by atoms with Crippen molar-refractivity contribution in [1.29, 1.82) is 0 Å². The molecule has 0 radical (unpaired) electrons. The summed E-state index contributed by atoms with van der Waals surface area (Å²) in [6.07, 6.45) is 0. The van der Waals surface area contributed by atoms with Crippen LogP contribution in [0, 0.1) is 13.8 Å². The van der Waals surface area contributed by atoms with Crippen LogP contribution in [0.25, 0.3) is 0 Å². The molecule has 0 saturated carbocycles. The zero-order chi connectivity index (χ0) is 16.1. The van der Waals surface area contributed by atoms with Crippen molar-refractivity contribution < 1.29 is 8.94 Å². The van der Waals surface area contributed by atoms with Gasteiger partial charge in [-0.25, -0.2) is 4.98 Å². The molecule has 7 nitrogen and oxygen atoms in total. The van der Waals surface area contributed by atoms with Crippen LogP contribution in [0.2, 0.25) is 0 Å². The molecule has 23 heavy (non-hydrogen) atoms. The van der Waals surface area contributed by atoms with Crippen molar-refractivity contribution in [3.8, 4) is 0 Å². The van der Waals surface area contributed by atoms with Crippen molar-refractivity contribution in [1.82, 2.24) is 20.8 Å². The first-order chi connectivity index (χ1) is 10.5. The standard InChI is InChI=1S/C15H23N5O2.HI/c1-9(2)13-6-12(22-20-13)7-17-15(16-5)18-8-14-19-10(3)11(4)21-14;/h6,9H,7-8H2,1-5H3,(H2,16,17,18);1H. The molecular formula is C15H24IN5O2. The van der Waals surface area contributed by atoms with Crippen molar-refractivity contribution in [3.05, 3.63) is 34.9 Å². The van der Waals surface area contributed by atoms with Crippen LogP contribution in [0.4, 0.5) is 0 Å². The highest BCUT2D eigenvalue weighted by atomic mass is 127. The maximum absolute atomic E-state index is 5.52. The summed E-state index contributed by atoms with van der Waals surface area (Å²) in [4.78, 5) is 8.47. The smallest absolute Gasteiger partial charge is 0.214 e. The monoisotopic (exact) mass is 433 g/mol. The van der Waals surface area contributed by atoms with Gasteiger partial charge < -0.3 is 19.6 Å². The number of rotatable bonds is 5. The number of nitrogens with zero attached hydrogens (tertiary/aromatic N) is 3. The Morgan fingerprint density at radius 2 is 1.96 bits per heavy atom. The molecule has 2 rings (SSSR count). The van der Waals surface area contributed by atoms with Crippen LogP contribution in [-0.2, 0) is 13.1 Å². The van der Waals surface area contributed by atoms with Crippen molar-refractivity contribution in [2.45, 2.75) is 46.7 Å². The number of nitrogens with one attached hydrogen (secondary N) is 2. The molecule has 128 valence electrons. The van der Waals surface area contributed by atoms with Gasteiger partial charge in [-0.1, -0.05) is 19.0 Å². The molecule has 0 spiro atoms. The van der Waals surface area contributed by atoms with Crippen molar-refractivity contribution in [2.24, 2.45) is 4.99 Å². The van der Waals surface area contributed by atoms with Gasteiger partial charge in [0.1, 0.15) is 5.76 Å². The molecule has 0 saturated heterocycles. The van der Waals surface area contributed by atoms with E-state index in [0.717, 1.165) is 22.9 Å². The lowest BCUT2D eigenvalue weighted by Gasteiger charge is -2.08. The molecule has 0 unspecified atom stereocenters. The van der Waals surface area contributed by atoms with Crippen LogP contribution in [0.3, 0.4) is 0 Å². The third-order valence-electron chi connectivity index (χ3n) is 3.30. The van der Waals surface area contributed by atoms with E-state index in [4.69, 9.17) is 8.94 Å². The Hall–Kier alpha value is -1.58. The van der Waals surface area contributed by atoms with E-state index < -0.39 is 0 Å². The second-order valence-electron chi connectivity index (χ2n) is 5.40. The normalized spacial score (nSPS) is 11.5. The molecule has 2 aromatic heterocycles. The van der Waals surface area contributed by atoms with Gasteiger partial charge in [0, 0.05) is 13.1 Å². The van der Waals surface area contributed by atoms with Gasteiger partial charge in [0.2, 0.25) is 5.89 Å². The fourth-order valence-electron chi connectivity index (χ4n) is 1.85. The van der Waals surface area contributed by atoms with E-state index in [0.29, 0.717) is 30.9 Å². The van der Waals surface area contributed by atoms with Gasteiger partial charge in [-0.15, -0.1) is 24.0 Å². The summed E-state index contributed by atoms with van der Waals surface area (Å²) in [7, 11) is 1.71. The molecule has 8 heteroatoms. The molecule has 0 bridgehead atoms. The predicted octanol–water partition coefficient (Wildman–Crippen LogP) is 2.89. The van der Waals surface area contributed by atoms with Gasteiger partial charge in [0.25, 0.3) is 0 Å². The van der Waals surface area contributed by atoms with Crippen LogP contribution < -0.4 is 10.6 Å². The van der Waals surface area contributed by atoms with E-state index in [1.165, 1.54) is 0 Å². The van der Waals surface area contributed by atoms with E-state index in [9.17, 15) is 0 Å². The van der Waals surface area contributed by atoms with Gasteiger partial charge in [-0.05, 0) is 19.8 Å². The van der Waals surface area contributed by atoms with Gasteiger partial charge in [-0.2, -0.15) is 0 Å². The minimum atomic E-state index is 0. The minimum absolute atomic E-state index is 0. The number of oxazole rings is 1. The average molecular weight is 433 g/mol. The summed E-state index contributed by atoms with van der Waals surface area (Å²) < 4.78 is 10.8. The second-order valence-corrected chi connectivity index (χ2v) is 5.40. The van der Waals surface area contributed by atoms with E-state index in [-0.39, 0.29) is 24.0 Å². The summed E-state index contributed by atoms with van der Waals surface area (Å²) in [6.45, 7) is 8.97. The Balaban J connectivity index is 0.00000264. The molecule has 0 amide bonds. The number of aryl methyl sites for hydroxylation is 2. The molecule has 0 aliphatic carbocycles. The molecule has 0 aliphatic rings. The van der Waals surface area contributed by atoms with Crippen LogP contribution in [0.1, 0.15) is 48.6 Å². The number of aliphatic imine (C=N–C) groups is 1. The Morgan fingerprint density at radius 1 is 1.26 bits per heavy atom. The molecule has 2 N–H and O–H groups in total. The Kier molecular flexibility index (Phi) is 7.53. The quantitative estimate of drug-likeness (QED) is 0.429. The largest absolute Gasteiger partial charge is 0.444 e. The first kappa shape index (κ1) is 19.5. The number of hydrogen-bond donors (Lipinski definition) is 2. The summed E-state index contributed by atoms with van der Waals surface area (Å²) in [5.74, 6) is 3.25. The van der Waals surface area contributed by atoms with E-state index in [2.05, 4.69) is 39.6 Å². The van der Waals surface area contributed by atoms with Crippen molar-refractivity contribution in [2.75, 3.05) is 7.05 Å². The fraction of sp³-hybridized carbons (Fsp3) is 0.533. The molecule has 2 heterocycles. The minimum Gasteiger partial charge on any atom is -0.444 e. The number of aromatic nitrogens is 2. The average Bonchev–Trinajstić information content (AvgIpc) is 3.07. The molecule has 2 aromatic rings. The number of hydrogen-bond acceptors (Lipinski definition) is 5. The van der Waals surface area contributed by atoms with E-state index >= 15 is 0 Å². The van der Waals surface area contributed by atoms with Gasteiger partial charge in [0.05, 0.1) is 24.5 Å². The van der Waals surface area contributed by atoms with Gasteiger partial charge >= 0.3 is 0 Å². The zero-order valence-corrected chi connectivity index (χ0v) is 16.5. The Morgan fingerprint density at radius 3 is 2.48 bits per heavy atom. The highest BCUT2D eigenvalue weighted by Gasteiger charge is 2.09. The Bertz CT molecular complexity index is 629. The van der Waals surface area contributed by atoms with Crippen molar-refractivity contribution >= 4 is 29.9 Å². The molecule has 0 aliphatic heterocycles. The van der Waals surface area contributed by atoms with Crippen molar-refractivity contribution in [3.63, 3.8) is 0 Å². The number of halogens is 1. The lowest BCUT2D eigenvalue weighted by Crippen LogP contribution is -2.36. The third-order valence-corrected chi connectivity index (χ3v) is 3.30. The van der Waals surface area contributed by atoms with Crippen LogP contribution >= 0.6 is 24.0 Å². The fourth-order valence-corrected chi connectivity index (χ4v) is 1.85. The van der Waals surface area contributed by atoms with E-state index in [1.54, 1.807) is 7.05 Å². The Labute approximate surface area is 153 Å². The maximum atomic E-state index is 5.52.